The van der Waals surface area contributed by atoms with Crippen molar-refractivity contribution < 1.29 is 14.1 Å². The second-order valence-corrected chi connectivity index (χ2v) is 4.96. The summed E-state index contributed by atoms with van der Waals surface area (Å²) < 4.78 is 11.9. The lowest BCUT2D eigenvalue weighted by Crippen LogP contribution is -2.26. The molecule has 0 aliphatic heterocycles. The van der Waals surface area contributed by atoms with E-state index in [0.29, 0.717) is 0 Å². The minimum atomic E-state index is -0.319. The molecule has 7 nitrogen and oxygen atoms in total. The molecule has 0 radical (unpaired) electrons. The lowest BCUT2D eigenvalue weighted by molar-refractivity contribution is 0.0902. The van der Waals surface area contributed by atoms with Crippen molar-refractivity contribution in [1.82, 2.24) is 20.3 Å². The van der Waals surface area contributed by atoms with E-state index < -0.39 is 0 Å². The predicted octanol–water partition coefficient (Wildman–Crippen LogP) is 2.36. The monoisotopic (exact) mass is 312 g/mol. The second-order valence-electron chi connectivity index (χ2n) is 4.96. The van der Waals surface area contributed by atoms with Crippen LogP contribution >= 0.6 is 0 Å². The molecule has 2 heterocycles. The maximum atomic E-state index is 12.0. The molecule has 3 aromatic rings. The third-order valence-corrected chi connectivity index (χ3v) is 3.44. The summed E-state index contributed by atoms with van der Waals surface area (Å²) in [5.41, 5.74) is 1.69. The maximum absolute atomic E-state index is 12.0. The van der Waals surface area contributed by atoms with E-state index >= 15 is 0 Å². The van der Waals surface area contributed by atoms with Gasteiger partial charge >= 0.3 is 0 Å². The van der Waals surface area contributed by atoms with Gasteiger partial charge in [0, 0.05) is 17.8 Å². The minimum absolute atomic E-state index is 0.175. The molecular formula is C16H16N4O3. The van der Waals surface area contributed by atoms with Crippen molar-refractivity contribution in [2.24, 2.45) is 0 Å². The third kappa shape index (κ3) is 3.08. The summed E-state index contributed by atoms with van der Waals surface area (Å²) in [4.78, 5) is 12.0. The number of methoxy groups -OCH3 is 1. The van der Waals surface area contributed by atoms with Gasteiger partial charge in [0.2, 0.25) is 5.76 Å². The normalized spacial score (nSPS) is 11.9. The Morgan fingerprint density at radius 1 is 1.35 bits per heavy atom. The van der Waals surface area contributed by atoms with E-state index in [1.807, 2.05) is 37.4 Å². The zero-order valence-electron chi connectivity index (χ0n) is 12.8. The van der Waals surface area contributed by atoms with Gasteiger partial charge < -0.3 is 14.6 Å². The van der Waals surface area contributed by atoms with Crippen LogP contribution in [0.3, 0.4) is 0 Å². The van der Waals surface area contributed by atoms with Crippen molar-refractivity contribution in [2.45, 2.75) is 13.0 Å². The van der Waals surface area contributed by atoms with Crippen molar-refractivity contribution in [3.63, 3.8) is 0 Å². The summed E-state index contributed by atoms with van der Waals surface area (Å²) in [5, 5.41) is 10.7. The Morgan fingerprint density at radius 3 is 2.91 bits per heavy atom. The number of ether oxygens (including phenoxy) is 1. The molecular weight excluding hydrogens is 296 g/mol. The summed E-state index contributed by atoms with van der Waals surface area (Å²) in [6.45, 7) is 1.87. The van der Waals surface area contributed by atoms with E-state index in [1.54, 1.807) is 18.0 Å². The Labute approximate surface area is 132 Å². The van der Waals surface area contributed by atoms with Gasteiger partial charge in [-0.25, -0.2) is 4.68 Å². The second kappa shape index (κ2) is 6.35. The Morgan fingerprint density at radius 2 is 2.17 bits per heavy atom. The number of amides is 1. The summed E-state index contributed by atoms with van der Waals surface area (Å²) in [7, 11) is 1.61. The molecule has 0 unspecified atom stereocenters. The Hall–Kier alpha value is -3.09. The van der Waals surface area contributed by atoms with Gasteiger partial charge in [-0.05, 0) is 19.1 Å². The van der Waals surface area contributed by atoms with E-state index in [2.05, 4.69) is 15.6 Å². The molecule has 0 saturated carbocycles. The predicted molar refractivity (Wildman–Crippen MR) is 82.5 cm³/mol. The molecule has 0 saturated heterocycles. The molecule has 1 N–H and O–H groups in total. The van der Waals surface area contributed by atoms with Crippen molar-refractivity contribution in [3.05, 3.63) is 60.2 Å². The highest BCUT2D eigenvalue weighted by Crippen LogP contribution is 2.23. The first kappa shape index (κ1) is 14.8. The Kier molecular flexibility index (Phi) is 4.09. The topological polar surface area (TPSA) is 82.2 Å². The van der Waals surface area contributed by atoms with Gasteiger partial charge in [-0.3, -0.25) is 4.79 Å². The van der Waals surface area contributed by atoms with E-state index in [1.165, 1.54) is 12.3 Å². The molecule has 23 heavy (non-hydrogen) atoms. The molecule has 3 rings (SSSR count). The molecule has 2 aromatic heterocycles. The van der Waals surface area contributed by atoms with Crippen LogP contribution in [0.4, 0.5) is 0 Å². The van der Waals surface area contributed by atoms with Gasteiger partial charge in [-0.15, -0.1) is 0 Å². The number of rotatable bonds is 5. The number of carbonyl (C=O) groups is 1. The fourth-order valence-electron chi connectivity index (χ4n) is 2.20. The number of benzene rings is 1. The molecule has 7 heteroatoms. The summed E-state index contributed by atoms with van der Waals surface area (Å²) in [6.07, 6.45) is 4.99. The quantitative estimate of drug-likeness (QED) is 0.782. The van der Waals surface area contributed by atoms with Gasteiger partial charge in [0.25, 0.3) is 5.91 Å². The fourth-order valence-corrected chi connectivity index (χ4v) is 2.20. The maximum Gasteiger partial charge on any atom is 0.290 e. The number of para-hydroxylation sites is 2. The highest BCUT2D eigenvalue weighted by Gasteiger charge is 2.16. The van der Waals surface area contributed by atoms with Gasteiger partial charge in [-0.1, -0.05) is 17.3 Å². The molecule has 0 fully saturated rings. The van der Waals surface area contributed by atoms with Gasteiger partial charge in [0.15, 0.2) is 0 Å². The third-order valence-electron chi connectivity index (χ3n) is 3.44. The highest BCUT2D eigenvalue weighted by atomic mass is 16.5. The van der Waals surface area contributed by atoms with Gasteiger partial charge in [-0.2, -0.15) is 5.10 Å². The van der Waals surface area contributed by atoms with Crippen molar-refractivity contribution >= 4 is 5.91 Å². The standard InChI is InChI=1S/C16H16N4O3/c1-11(19-16(21)15-7-8-18-23-15)12-9-17-20(10-12)13-5-3-4-6-14(13)22-2/h3-11H,1-2H3,(H,19,21)/t11-/m1/s1. The van der Waals surface area contributed by atoms with E-state index in [4.69, 9.17) is 9.26 Å². The van der Waals surface area contributed by atoms with Gasteiger partial charge in [0.1, 0.15) is 11.4 Å². The SMILES string of the molecule is COc1ccccc1-n1cc([C@@H](C)NC(=O)c2ccno2)cn1. The molecule has 0 aliphatic rings. The summed E-state index contributed by atoms with van der Waals surface area (Å²) in [5.74, 6) is 0.578. The molecule has 118 valence electrons. The van der Waals surface area contributed by atoms with E-state index in [-0.39, 0.29) is 17.7 Å². The number of nitrogens with zero attached hydrogens (tertiary/aromatic N) is 3. The van der Waals surface area contributed by atoms with Crippen LogP contribution < -0.4 is 10.1 Å². The van der Waals surface area contributed by atoms with Crippen LogP contribution in [0.1, 0.15) is 29.1 Å². The zero-order valence-corrected chi connectivity index (χ0v) is 12.8. The van der Waals surface area contributed by atoms with E-state index in [0.717, 1.165) is 17.0 Å². The molecule has 0 bridgehead atoms. The first-order valence-corrected chi connectivity index (χ1v) is 7.08. The fraction of sp³-hybridized carbons (Fsp3) is 0.188. The van der Waals surface area contributed by atoms with Crippen LogP contribution in [0, 0.1) is 0 Å². The Balaban J connectivity index is 1.77. The first-order chi connectivity index (χ1) is 11.2. The number of nitrogens with one attached hydrogen (secondary N) is 1. The largest absolute Gasteiger partial charge is 0.494 e. The zero-order chi connectivity index (χ0) is 16.2. The number of hydrogen-bond acceptors (Lipinski definition) is 5. The molecule has 1 atom stereocenters. The summed E-state index contributed by atoms with van der Waals surface area (Å²) in [6, 6.07) is 8.87. The number of hydrogen-bond donors (Lipinski definition) is 1. The molecule has 0 aliphatic carbocycles. The summed E-state index contributed by atoms with van der Waals surface area (Å²) >= 11 is 0. The van der Waals surface area contributed by atoms with Gasteiger partial charge in [0.05, 0.1) is 25.5 Å². The van der Waals surface area contributed by atoms with Crippen LogP contribution in [0.15, 0.2) is 53.4 Å². The van der Waals surface area contributed by atoms with E-state index in [9.17, 15) is 4.79 Å². The van der Waals surface area contributed by atoms with Crippen LogP contribution in [-0.4, -0.2) is 28.0 Å². The van der Waals surface area contributed by atoms with Crippen LogP contribution in [-0.2, 0) is 0 Å². The van der Waals surface area contributed by atoms with Crippen molar-refractivity contribution in [1.29, 1.82) is 0 Å². The smallest absolute Gasteiger partial charge is 0.290 e. The lowest BCUT2D eigenvalue weighted by atomic mass is 10.2. The lowest BCUT2D eigenvalue weighted by Gasteiger charge is -2.10. The molecule has 1 amide bonds. The van der Waals surface area contributed by atoms with Crippen molar-refractivity contribution in [2.75, 3.05) is 7.11 Å². The Bertz CT molecular complexity index is 795. The number of aromatic nitrogens is 3. The van der Waals surface area contributed by atoms with Crippen LogP contribution in [0.2, 0.25) is 0 Å². The first-order valence-electron chi connectivity index (χ1n) is 7.08. The average molecular weight is 312 g/mol. The average Bonchev–Trinajstić information content (AvgIpc) is 3.26. The molecule has 1 aromatic carbocycles. The minimum Gasteiger partial charge on any atom is -0.494 e. The number of carbonyl (C=O) groups excluding carboxylic acids is 1. The van der Waals surface area contributed by atoms with Crippen molar-refractivity contribution in [3.8, 4) is 11.4 Å². The van der Waals surface area contributed by atoms with Crippen LogP contribution in [0.5, 0.6) is 5.75 Å². The van der Waals surface area contributed by atoms with Crippen LogP contribution in [0.25, 0.3) is 5.69 Å². The molecule has 0 spiro atoms. The highest BCUT2D eigenvalue weighted by molar-refractivity contribution is 5.91.